The lowest BCUT2D eigenvalue weighted by molar-refractivity contribution is 0.0801. The van der Waals surface area contributed by atoms with Gasteiger partial charge in [-0.05, 0) is 37.9 Å². The van der Waals surface area contributed by atoms with Crippen molar-refractivity contribution in [3.63, 3.8) is 0 Å². The molecule has 120 valence electrons. The molecular weight excluding hydrogens is 264 g/mol. The highest BCUT2D eigenvalue weighted by Gasteiger charge is 2.24. The Hall–Kier alpha value is -1.10. The van der Waals surface area contributed by atoms with Crippen LogP contribution in [0, 0.1) is 5.92 Å². The van der Waals surface area contributed by atoms with E-state index in [1.54, 1.807) is 14.2 Å². The summed E-state index contributed by atoms with van der Waals surface area (Å²) in [7, 11) is 5.60. The number of likely N-dealkylation sites (N-methyl/N-ethyl adjacent to an activating group) is 1. The third kappa shape index (κ3) is 4.99. The molecule has 1 rings (SSSR count). The molecule has 0 aliphatic rings. The molecule has 1 aromatic rings. The standard InChI is InChI=1S/C17H30N2O2/c1-13(12-20-4)16(11-18)19(3)14(2)10-15-8-6-7-9-17(15)21-5/h6-9,13-14,16H,10-12,18H2,1-5H3. The fraction of sp³-hybridized carbons (Fsp3) is 0.647. The van der Waals surface area contributed by atoms with E-state index in [1.807, 2.05) is 12.1 Å². The van der Waals surface area contributed by atoms with Crippen LogP contribution < -0.4 is 10.5 Å². The van der Waals surface area contributed by atoms with Crippen molar-refractivity contribution in [2.24, 2.45) is 11.7 Å². The van der Waals surface area contributed by atoms with E-state index in [1.165, 1.54) is 5.56 Å². The summed E-state index contributed by atoms with van der Waals surface area (Å²) in [5.74, 6) is 1.36. The first-order valence-electron chi connectivity index (χ1n) is 7.57. The van der Waals surface area contributed by atoms with Crippen molar-refractivity contribution in [3.05, 3.63) is 29.8 Å². The summed E-state index contributed by atoms with van der Waals surface area (Å²) < 4.78 is 10.7. The van der Waals surface area contributed by atoms with Gasteiger partial charge < -0.3 is 15.2 Å². The Kier molecular flexibility index (Phi) is 7.72. The van der Waals surface area contributed by atoms with Crippen LogP contribution in [0.3, 0.4) is 0 Å². The summed E-state index contributed by atoms with van der Waals surface area (Å²) in [6.07, 6.45) is 0.941. The molecule has 0 aliphatic heterocycles. The Labute approximate surface area is 129 Å². The molecule has 3 atom stereocenters. The quantitative estimate of drug-likeness (QED) is 0.758. The average Bonchev–Trinajstić information content (AvgIpc) is 2.48. The highest BCUT2D eigenvalue weighted by atomic mass is 16.5. The number of methoxy groups -OCH3 is 2. The zero-order valence-electron chi connectivity index (χ0n) is 14.0. The molecule has 4 nitrogen and oxygen atoms in total. The molecular formula is C17H30N2O2. The SMILES string of the molecule is COCC(C)C(CN)N(C)C(C)Cc1ccccc1OC. The van der Waals surface area contributed by atoms with Gasteiger partial charge in [-0.1, -0.05) is 25.1 Å². The number of rotatable bonds is 9. The van der Waals surface area contributed by atoms with E-state index in [9.17, 15) is 0 Å². The van der Waals surface area contributed by atoms with Gasteiger partial charge in [-0.15, -0.1) is 0 Å². The number of hydrogen-bond acceptors (Lipinski definition) is 4. The first-order valence-corrected chi connectivity index (χ1v) is 7.57. The number of para-hydroxylation sites is 1. The molecule has 21 heavy (non-hydrogen) atoms. The Morgan fingerprint density at radius 2 is 1.86 bits per heavy atom. The Bertz CT molecular complexity index is 412. The van der Waals surface area contributed by atoms with E-state index in [0.29, 0.717) is 24.5 Å². The molecule has 3 unspecified atom stereocenters. The number of nitrogens with two attached hydrogens (primary N) is 1. The zero-order chi connectivity index (χ0) is 15.8. The summed E-state index contributed by atoms with van der Waals surface area (Å²) in [6, 6.07) is 8.89. The van der Waals surface area contributed by atoms with Gasteiger partial charge in [-0.3, -0.25) is 4.90 Å². The second kappa shape index (κ2) is 9.03. The minimum atomic E-state index is 0.314. The molecule has 0 bridgehead atoms. The highest BCUT2D eigenvalue weighted by Crippen LogP contribution is 2.22. The van der Waals surface area contributed by atoms with Crippen LogP contribution >= 0.6 is 0 Å². The van der Waals surface area contributed by atoms with Gasteiger partial charge in [0.2, 0.25) is 0 Å². The van der Waals surface area contributed by atoms with Crippen LogP contribution in [0.1, 0.15) is 19.4 Å². The topological polar surface area (TPSA) is 47.7 Å². The average molecular weight is 294 g/mol. The zero-order valence-corrected chi connectivity index (χ0v) is 14.0. The molecule has 0 amide bonds. The highest BCUT2D eigenvalue weighted by molar-refractivity contribution is 5.33. The largest absolute Gasteiger partial charge is 0.496 e. The fourth-order valence-corrected chi connectivity index (χ4v) is 2.83. The number of ether oxygens (including phenoxy) is 2. The second-order valence-corrected chi connectivity index (χ2v) is 5.77. The summed E-state index contributed by atoms with van der Waals surface area (Å²) in [6.45, 7) is 5.78. The van der Waals surface area contributed by atoms with E-state index in [4.69, 9.17) is 15.2 Å². The van der Waals surface area contributed by atoms with Gasteiger partial charge in [-0.2, -0.15) is 0 Å². The molecule has 0 heterocycles. The minimum absolute atomic E-state index is 0.314. The maximum atomic E-state index is 5.97. The van der Waals surface area contributed by atoms with E-state index < -0.39 is 0 Å². The van der Waals surface area contributed by atoms with Gasteiger partial charge in [-0.25, -0.2) is 0 Å². The lowest BCUT2D eigenvalue weighted by atomic mass is 9.98. The van der Waals surface area contributed by atoms with E-state index in [-0.39, 0.29) is 0 Å². The van der Waals surface area contributed by atoms with Crippen molar-refractivity contribution in [2.45, 2.75) is 32.4 Å². The normalized spacial score (nSPS) is 15.8. The van der Waals surface area contributed by atoms with Crippen molar-refractivity contribution < 1.29 is 9.47 Å². The van der Waals surface area contributed by atoms with Gasteiger partial charge in [0.25, 0.3) is 0 Å². The van der Waals surface area contributed by atoms with Gasteiger partial charge in [0.1, 0.15) is 5.75 Å². The predicted octanol–water partition coefficient (Wildman–Crippen LogP) is 2.17. The minimum Gasteiger partial charge on any atom is -0.496 e. The van der Waals surface area contributed by atoms with Gasteiger partial charge >= 0.3 is 0 Å². The van der Waals surface area contributed by atoms with Crippen molar-refractivity contribution in [1.82, 2.24) is 4.90 Å². The molecule has 0 aromatic heterocycles. The molecule has 0 saturated carbocycles. The number of nitrogens with zero attached hydrogens (tertiary/aromatic N) is 1. The monoisotopic (exact) mass is 294 g/mol. The van der Waals surface area contributed by atoms with E-state index in [0.717, 1.165) is 18.8 Å². The molecule has 0 saturated heterocycles. The predicted molar refractivity (Wildman–Crippen MR) is 87.8 cm³/mol. The van der Waals surface area contributed by atoms with E-state index >= 15 is 0 Å². The van der Waals surface area contributed by atoms with Crippen LogP contribution in [-0.4, -0.2) is 51.4 Å². The van der Waals surface area contributed by atoms with Gasteiger partial charge in [0.05, 0.1) is 13.7 Å². The van der Waals surface area contributed by atoms with Crippen molar-refractivity contribution in [3.8, 4) is 5.75 Å². The first kappa shape index (κ1) is 18.0. The van der Waals surface area contributed by atoms with Crippen molar-refractivity contribution >= 4 is 0 Å². The van der Waals surface area contributed by atoms with Crippen LogP contribution in [0.15, 0.2) is 24.3 Å². The third-order valence-corrected chi connectivity index (χ3v) is 4.25. The molecule has 1 aromatic carbocycles. The molecule has 0 radical (unpaired) electrons. The fourth-order valence-electron chi connectivity index (χ4n) is 2.83. The maximum absolute atomic E-state index is 5.97. The van der Waals surface area contributed by atoms with Crippen LogP contribution in [0.4, 0.5) is 0 Å². The van der Waals surface area contributed by atoms with Crippen LogP contribution in [0.5, 0.6) is 5.75 Å². The molecule has 0 fully saturated rings. The number of hydrogen-bond donors (Lipinski definition) is 1. The number of benzene rings is 1. The van der Waals surface area contributed by atoms with Crippen LogP contribution in [0.2, 0.25) is 0 Å². The Balaban J connectivity index is 2.74. The molecule has 0 aliphatic carbocycles. The van der Waals surface area contributed by atoms with Gasteiger partial charge in [0, 0.05) is 25.7 Å². The Morgan fingerprint density at radius 3 is 2.43 bits per heavy atom. The summed E-state index contributed by atoms with van der Waals surface area (Å²) >= 11 is 0. The second-order valence-electron chi connectivity index (χ2n) is 5.77. The van der Waals surface area contributed by atoms with Crippen LogP contribution in [0.25, 0.3) is 0 Å². The summed E-state index contributed by atoms with van der Waals surface area (Å²) in [5.41, 5.74) is 7.20. The summed E-state index contributed by atoms with van der Waals surface area (Å²) in [5, 5.41) is 0. The smallest absolute Gasteiger partial charge is 0.122 e. The molecule has 0 spiro atoms. The maximum Gasteiger partial charge on any atom is 0.122 e. The Morgan fingerprint density at radius 1 is 1.19 bits per heavy atom. The van der Waals surface area contributed by atoms with Crippen LogP contribution in [-0.2, 0) is 11.2 Å². The summed E-state index contributed by atoms with van der Waals surface area (Å²) in [4.78, 5) is 2.36. The molecule has 2 N–H and O–H groups in total. The van der Waals surface area contributed by atoms with Crippen molar-refractivity contribution in [2.75, 3.05) is 34.4 Å². The van der Waals surface area contributed by atoms with Gasteiger partial charge in [0.15, 0.2) is 0 Å². The first-order chi connectivity index (χ1) is 10.0. The third-order valence-electron chi connectivity index (χ3n) is 4.25. The lowest BCUT2D eigenvalue weighted by Crippen LogP contribution is -2.48. The van der Waals surface area contributed by atoms with E-state index in [2.05, 4.69) is 37.9 Å². The van der Waals surface area contributed by atoms with Crippen molar-refractivity contribution in [1.29, 1.82) is 0 Å². The molecule has 4 heteroatoms. The lowest BCUT2D eigenvalue weighted by Gasteiger charge is -2.36.